The van der Waals surface area contributed by atoms with Crippen molar-refractivity contribution in [3.8, 4) is 17.2 Å². The van der Waals surface area contributed by atoms with Crippen LogP contribution in [0.2, 0.25) is 0 Å². The van der Waals surface area contributed by atoms with Crippen molar-refractivity contribution in [1.29, 1.82) is 0 Å². The molecule has 1 aliphatic heterocycles. The van der Waals surface area contributed by atoms with Crippen LogP contribution >= 0.6 is 0 Å². The molecule has 0 spiro atoms. The van der Waals surface area contributed by atoms with Gasteiger partial charge in [-0.25, -0.2) is 0 Å². The largest absolute Gasteiger partial charge is 0.497 e. The molecule has 0 unspecified atom stereocenters. The third-order valence-electron chi connectivity index (χ3n) is 5.97. The minimum Gasteiger partial charge on any atom is -0.497 e. The van der Waals surface area contributed by atoms with Gasteiger partial charge in [-0.3, -0.25) is 9.59 Å². The molecule has 1 aliphatic rings. The van der Waals surface area contributed by atoms with Gasteiger partial charge in [-0.05, 0) is 48.5 Å². The Balaban J connectivity index is 1.25. The molecule has 0 N–H and O–H groups in total. The Morgan fingerprint density at radius 2 is 1.59 bits per heavy atom. The molecule has 0 radical (unpaired) electrons. The number of ether oxygens (including phenoxy) is 2. The van der Waals surface area contributed by atoms with Crippen LogP contribution < -0.4 is 19.8 Å². The van der Waals surface area contributed by atoms with E-state index in [1.807, 2.05) is 23.1 Å². The number of para-hydroxylation sites is 1. The van der Waals surface area contributed by atoms with E-state index in [1.54, 1.807) is 49.6 Å². The summed E-state index contributed by atoms with van der Waals surface area (Å²) in [7, 11) is 1.55. The first-order valence-electron chi connectivity index (χ1n) is 11.1. The van der Waals surface area contributed by atoms with Gasteiger partial charge in [0.2, 0.25) is 11.2 Å². The summed E-state index contributed by atoms with van der Waals surface area (Å²) in [4.78, 5) is 29.9. The van der Waals surface area contributed by atoms with E-state index < -0.39 is 0 Å². The van der Waals surface area contributed by atoms with Crippen LogP contribution in [-0.4, -0.2) is 44.1 Å². The van der Waals surface area contributed by atoms with Crippen LogP contribution in [-0.2, 0) is 0 Å². The van der Waals surface area contributed by atoms with Crippen LogP contribution in [0.3, 0.4) is 0 Å². The SMILES string of the molecule is COc1ccc2c(=O)c(Oc3ccc(C(=O)N4CCN(c5ccccc5)CC4)cc3)coc2c1. The van der Waals surface area contributed by atoms with Gasteiger partial charge in [0, 0.05) is 43.5 Å². The molecule has 1 amide bonds. The van der Waals surface area contributed by atoms with Gasteiger partial charge in [0.15, 0.2) is 0 Å². The van der Waals surface area contributed by atoms with Gasteiger partial charge in [-0.15, -0.1) is 0 Å². The first-order chi connectivity index (χ1) is 16.6. The zero-order chi connectivity index (χ0) is 23.5. The van der Waals surface area contributed by atoms with E-state index in [0.29, 0.717) is 41.1 Å². The smallest absolute Gasteiger partial charge is 0.253 e. The second-order valence-corrected chi connectivity index (χ2v) is 8.03. The average Bonchev–Trinajstić information content (AvgIpc) is 2.90. The number of benzene rings is 3. The summed E-state index contributed by atoms with van der Waals surface area (Å²) >= 11 is 0. The van der Waals surface area contributed by atoms with E-state index in [0.717, 1.165) is 13.1 Å². The number of carbonyl (C=O) groups excluding carboxylic acids is 1. The highest BCUT2D eigenvalue weighted by Crippen LogP contribution is 2.25. The van der Waals surface area contributed by atoms with E-state index in [4.69, 9.17) is 13.9 Å². The topological polar surface area (TPSA) is 72.2 Å². The number of methoxy groups -OCH3 is 1. The molecular weight excluding hydrogens is 432 g/mol. The third kappa shape index (κ3) is 4.32. The Morgan fingerprint density at radius 1 is 0.882 bits per heavy atom. The molecule has 1 aromatic heterocycles. The Hall–Kier alpha value is -4.26. The lowest BCUT2D eigenvalue weighted by molar-refractivity contribution is 0.0747. The number of rotatable bonds is 5. The summed E-state index contributed by atoms with van der Waals surface area (Å²) in [5, 5.41) is 0.403. The third-order valence-corrected chi connectivity index (χ3v) is 5.97. The molecule has 2 heterocycles. The first-order valence-corrected chi connectivity index (χ1v) is 11.1. The summed E-state index contributed by atoms with van der Waals surface area (Å²) < 4.78 is 16.5. The lowest BCUT2D eigenvalue weighted by atomic mass is 10.1. The molecule has 1 fully saturated rings. The number of nitrogens with zero attached hydrogens (tertiary/aromatic N) is 2. The van der Waals surface area contributed by atoms with E-state index >= 15 is 0 Å². The van der Waals surface area contributed by atoms with Crippen molar-refractivity contribution in [2.45, 2.75) is 0 Å². The van der Waals surface area contributed by atoms with Gasteiger partial charge in [0.1, 0.15) is 23.3 Å². The Morgan fingerprint density at radius 3 is 2.29 bits per heavy atom. The van der Waals surface area contributed by atoms with Crippen molar-refractivity contribution >= 4 is 22.6 Å². The molecule has 0 bridgehead atoms. The van der Waals surface area contributed by atoms with Crippen molar-refractivity contribution in [3.05, 3.63) is 94.8 Å². The highest BCUT2D eigenvalue weighted by molar-refractivity contribution is 5.94. The molecule has 7 heteroatoms. The van der Waals surface area contributed by atoms with E-state index in [1.165, 1.54) is 12.0 Å². The number of anilines is 1. The highest BCUT2D eigenvalue weighted by Gasteiger charge is 2.22. The number of hydrogen-bond donors (Lipinski definition) is 0. The monoisotopic (exact) mass is 456 g/mol. The average molecular weight is 456 g/mol. The standard InChI is InChI=1S/C27H24N2O5/c1-32-22-11-12-23-24(17-22)33-18-25(26(23)30)34-21-9-7-19(8-10-21)27(31)29-15-13-28(14-16-29)20-5-3-2-4-6-20/h2-12,17-18H,13-16H2,1H3. The molecule has 1 saturated heterocycles. The molecule has 3 aromatic carbocycles. The van der Waals surface area contributed by atoms with Crippen LogP contribution in [0.1, 0.15) is 10.4 Å². The Labute approximate surface area is 196 Å². The lowest BCUT2D eigenvalue weighted by Gasteiger charge is -2.36. The normalized spacial score (nSPS) is 13.7. The molecule has 172 valence electrons. The molecule has 0 aliphatic carbocycles. The van der Waals surface area contributed by atoms with Crippen LogP contribution in [0.4, 0.5) is 5.69 Å². The fourth-order valence-electron chi connectivity index (χ4n) is 4.07. The van der Waals surface area contributed by atoms with E-state index in [9.17, 15) is 9.59 Å². The quantitative estimate of drug-likeness (QED) is 0.439. The minimum absolute atomic E-state index is 0.0153. The van der Waals surface area contributed by atoms with Crippen molar-refractivity contribution in [2.24, 2.45) is 0 Å². The van der Waals surface area contributed by atoms with Crippen LogP contribution in [0, 0.1) is 0 Å². The number of hydrogen-bond acceptors (Lipinski definition) is 6. The van der Waals surface area contributed by atoms with Crippen molar-refractivity contribution in [2.75, 3.05) is 38.2 Å². The molecule has 0 atom stereocenters. The zero-order valence-corrected chi connectivity index (χ0v) is 18.8. The molecule has 7 nitrogen and oxygen atoms in total. The maximum absolute atomic E-state index is 13.0. The summed E-state index contributed by atoms with van der Waals surface area (Å²) in [5.41, 5.74) is 1.90. The van der Waals surface area contributed by atoms with Gasteiger partial charge in [0.25, 0.3) is 5.91 Å². The highest BCUT2D eigenvalue weighted by atomic mass is 16.5. The number of piperazine rings is 1. The number of carbonyl (C=O) groups is 1. The van der Waals surface area contributed by atoms with Gasteiger partial charge in [-0.2, -0.15) is 0 Å². The first kappa shape index (κ1) is 21.6. The van der Waals surface area contributed by atoms with Crippen LogP contribution in [0.25, 0.3) is 11.0 Å². The summed E-state index contributed by atoms with van der Waals surface area (Å²) in [5.74, 6) is 1.11. The van der Waals surface area contributed by atoms with Gasteiger partial charge in [0.05, 0.1) is 12.5 Å². The molecule has 34 heavy (non-hydrogen) atoms. The van der Waals surface area contributed by atoms with Crippen molar-refractivity contribution < 1.29 is 18.7 Å². The number of fused-ring (bicyclic) bond motifs is 1. The Bertz CT molecular complexity index is 1360. The van der Waals surface area contributed by atoms with Gasteiger partial charge < -0.3 is 23.7 Å². The summed E-state index contributed by atoms with van der Waals surface area (Å²) in [6, 6.07) is 22.0. The maximum atomic E-state index is 13.0. The van der Waals surface area contributed by atoms with E-state index in [2.05, 4.69) is 17.0 Å². The second-order valence-electron chi connectivity index (χ2n) is 8.03. The van der Waals surface area contributed by atoms with E-state index in [-0.39, 0.29) is 17.1 Å². The lowest BCUT2D eigenvalue weighted by Crippen LogP contribution is -2.48. The van der Waals surface area contributed by atoms with Crippen molar-refractivity contribution in [3.63, 3.8) is 0 Å². The molecule has 0 saturated carbocycles. The predicted molar refractivity (Wildman–Crippen MR) is 130 cm³/mol. The predicted octanol–water partition coefficient (Wildman–Crippen LogP) is 4.56. The summed E-state index contributed by atoms with van der Waals surface area (Å²) in [6.45, 7) is 2.91. The zero-order valence-electron chi connectivity index (χ0n) is 18.8. The summed E-state index contributed by atoms with van der Waals surface area (Å²) in [6.07, 6.45) is 1.29. The fraction of sp³-hybridized carbons (Fsp3) is 0.185. The van der Waals surface area contributed by atoms with Gasteiger partial charge in [-0.1, -0.05) is 18.2 Å². The second kappa shape index (κ2) is 9.31. The molecule has 4 aromatic rings. The number of amides is 1. The fourth-order valence-corrected chi connectivity index (χ4v) is 4.07. The van der Waals surface area contributed by atoms with Crippen LogP contribution in [0.5, 0.6) is 17.2 Å². The van der Waals surface area contributed by atoms with Crippen LogP contribution in [0.15, 0.2) is 88.3 Å². The molecular formula is C27H24N2O5. The Kier molecular flexibility index (Phi) is 5.91. The van der Waals surface area contributed by atoms with Gasteiger partial charge >= 0.3 is 0 Å². The minimum atomic E-state index is -0.277. The maximum Gasteiger partial charge on any atom is 0.253 e. The van der Waals surface area contributed by atoms with Crippen molar-refractivity contribution in [1.82, 2.24) is 4.90 Å². The molecule has 5 rings (SSSR count).